The third kappa shape index (κ3) is 5.16. The van der Waals surface area contributed by atoms with E-state index in [1.807, 2.05) is 6.07 Å². The molecular formula is C27H31F3N4O4Si. The van der Waals surface area contributed by atoms with Gasteiger partial charge in [-0.3, -0.25) is 0 Å². The summed E-state index contributed by atoms with van der Waals surface area (Å²) in [6.07, 6.45) is -3.70. The summed E-state index contributed by atoms with van der Waals surface area (Å²) in [6, 6.07) is 13.1. The molecule has 12 heteroatoms. The number of alkyl halides is 3. The number of hydrogen-bond acceptors (Lipinski definition) is 8. The van der Waals surface area contributed by atoms with Gasteiger partial charge in [-0.15, -0.1) is 0 Å². The van der Waals surface area contributed by atoms with E-state index in [1.165, 1.54) is 23.3 Å². The van der Waals surface area contributed by atoms with Gasteiger partial charge in [-0.05, 0) is 24.2 Å². The van der Waals surface area contributed by atoms with Gasteiger partial charge in [-0.2, -0.15) is 13.2 Å². The Morgan fingerprint density at radius 2 is 1.82 bits per heavy atom. The SMILES string of the molecule is CC(C)(C)[Si](C)(C)O[C@@H]1c2ccc(N3C=C(c4onc(-c5ccccc5)c4C(F)(F)F)ON3)cc2OC[C@@H]1N. The first-order valence-electron chi connectivity index (χ1n) is 12.5. The molecule has 1 aromatic heterocycles. The Labute approximate surface area is 225 Å². The van der Waals surface area contributed by atoms with E-state index in [-0.39, 0.29) is 40.8 Å². The van der Waals surface area contributed by atoms with Gasteiger partial charge in [0, 0.05) is 17.2 Å². The third-order valence-electron chi connectivity index (χ3n) is 7.38. The number of ether oxygens (including phenoxy) is 1. The van der Waals surface area contributed by atoms with Gasteiger partial charge in [-0.25, -0.2) is 5.01 Å². The minimum atomic E-state index is -4.73. The number of benzene rings is 2. The van der Waals surface area contributed by atoms with Crippen molar-refractivity contribution in [2.75, 3.05) is 11.6 Å². The molecule has 0 aliphatic carbocycles. The van der Waals surface area contributed by atoms with Gasteiger partial charge in [-0.1, -0.05) is 67.9 Å². The Kier molecular flexibility index (Phi) is 6.78. The molecule has 0 saturated heterocycles. The molecule has 0 unspecified atom stereocenters. The first kappa shape index (κ1) is 27.3. The number of nitrogens with two attached hydrogens (primary N) is 1. The highest BCUT2D eigenvalue weighted by molar-refractivity contribution is 6.74. The second-order valence-corrected chi connectivity index (χ2v) is 15.9. The fourth-order valence-electron chi connectivity index (χ4n) is 4.20. The van der Waals surface area contributed by atoms with Crippen LogP contribution >= 0.6 is 0 Å². The van der Waals surface area contributed by atoms with Crippen LogP contribution in [0.5, 0.6) is 5.75 Å². The molecule has 2 aliphatic rings. The summed E-state index contributed by atoms with van der Waals surface area (Å²) in [6.45, 7) is 11.1. The fourth-order valence-corrected chi connectivity index (χ4v) is 5.49. The molecule has 2 aromatic carbocycles. The molecule has 2 aliphatic heterocycles. The highest BCUT2D eigenvalue weighted by atomic mass is 28.4. The summed E-state index contributed by atoms with van der Waals surface area (Å²) in [5.41, 5.74) is 9.36. The number of hydrogen-bond donors (Lipinski definition) is 2. The van der Waals surface area contributed by atoms with E-state index in [0.29, 0.717) is 11.4 Å². The molecule has 3 heterocycles. The highest BCUT2D eigenvalue weighted by Crippen LogP contribution is 2.45. The molecular weight excluding hydrogens is 529 g/mol. The molecule has 0 spiro atoms. The first-order chi connectivity index (χ1) is 18.3. The molecule has 3 aromatic rings. The van der Waals surface area contributed by atoms with E-state index in [2.05, 4.69) is 44.6 Å². The van der Waals surface area contributed by atoms with Crippen LogP contribution in [-0.2, 0) is 15.4 Å². The third-order valence-corrected chi connectivity index (χ3v) is 11.8. The molecule has 8 nitrogen and oxygen atoms in total. The van der Waals surface area contributed by atoms with Crippen molar-refractivity contribution in [1.82, 2.24) is 10.7 Å². The van der Waals surface area contributed by atoms with Crippen molar-refractivity contribution in [3.63, 3.8) is 0 Å². The Balaban J connectivity index is 1.44. The molecule has 3 N–H and O–H groups in total. The van der Waals surface area contributed by atoms with Crippen LogP contribution in [0.2, 0.25) is 18.1 Å². The van der Waals surface area contributed by atoms with Crippen molar-refractivity contribution < 1.29 is 31.7 Å². The zero-order valence-corrected chi connectivity index (χ0v) is 23.3. The molecule has 0 radical (unpaired) electrons. The topological polar surface area (TPSA) is 95.0 Å². The Bertz CT molecular complexity index is 1390. The maximum Gasteiger partial charge on any atom is 0.422 e. The lowest BCUT2D eigenvalue weighted by molar-refractivity contribution is -0.137. The van der Waals surface area contributed by atoms with Gasteiger partial charge in [0.2, 0.25) is 11.5 Å². The second-order valence-electron chi connectivity index (χ2n) is 11.2. The van der Waals surface area contributed by atoms with Crippen molar-refractivity contribution in [3.8, 4) is 17.0 Å². The molecule has 0 fully saturated rings. The number of nitrogens with zero attached hydrogens (tertiary/aromatic N) is 2. The van der Waals surface area contributed by atoms with Gasteiger partial charge < -0.3 is 24.3 Å². The van der Waals surface area contributed by atoms with Crippen molar-refractivity contribution >= 4 is 19.8 Å². The van der Waals surface area contributed by atoms with Crippen LogP contribution in [-0.4, -0.2) is 26.1 Å². The summed E-state index contributed by atoms with van der Waals surface area (Å²) in [5.74, 6) is -0.111. The zero-order valence-electron chi connectivity index (χ0n) is 22.3. The lowest BCUT2D eigenvalue weighted by atomic mass is 9.99. The van der Waals surface area contributed by atoms with E-state index < -0.39 is 25.8 Å². The summed E-state index contributed by atoms with van der Waals surface area (Å²) in [4.78, 5) is 5.40. The number of aromatic nitrogens is 1. The van der Waals surface area contributed by atoms with E-state index in [0.717, 1.165) is 5.56 Å². The van der Waals surface area contributed by atoms with Gasteiger partial charge in [0.25, 0.3) is 0 Å². The molecule has 208 valence electrons. The van der Waals surface area contributed by atoms with E-state index in [9.17, 15) is 13.2 Å². The van der Waals surface area contributed by atoms with E-state index in [1.54, 1.807) is 30.3 Å². The predicted octanol–water partition coefficient (Wildman–Crippen LogP) is 6.40. The Morgan fingerprint density at radius 1 is 1.10 bits per heavy atom. The van der Waals surface area contributed by atoms with Crippen LogP contribution in [0, 0.1) is 0 Å². The average molecular weight is 561 g/mol. The smallest absolute Gasteiger partial charge is 0.422 e. The summed E-state index contributed by atoms with van der Waals surface area (Å²) in [7, 11) is -2.13. The van der Waals surface area contributed by atoms with Crippen LogP contribution in [0.15, 0.2) is 59.3 Å². The maximum atomic E-state index is 14.1. The van der Waals surface area contributed by atoms with Crippen molar-refractivity contribution in [2.45, 2.75) is 57.2 Å². The Morgan fingerprint density at radius 3 is 2.49 bits per heavy atom. The second kappa shape index (κ2) is 9.70. The number of rotatable bonds is 5. The summed E-state index contributed by atoms with van der Waals surface area (Å²) >= 11 is 0. The lowest BCUT2D eigenvalue weighted by Crippen LogP contribution is -2.48. The number of halogens is 3. The van der Waals surface area contributed by atoms with Crippen molar-refractivity contribution in [2.24, 2.45) is 5.73 Å². The molecule has 0 saturated carbocycles. The van der Waals surface area contributed by atoms with Crippen LogP contribution < -0.4 is 21.1 Å². The minimum absolute atomic E-state index is 0.000509. The van der Waals surface area contributed by atoms with Gasteiger partial charge in [0.05, 0.1) is 24.0 Å². The van der Waals surface area contributed by atoms with Gasteiger partial charge in [0.1, 0.15) is 23.6 Å². The number of nitrogens with one attached hydrogen (secondary N) is 1. The molecule has 5 rings (SSSR count). The van der Waals surface area contributed by atoms with Crippen LogP contribution in [0.1, 0.15) is 43.8 Å². The quantitative estimate of drug-likeness (QED) is 0.346. The summed E-state index contributed by atoms with van der Waals surface area (Å²) in [5, 5.41) is 5.14. The largest absolute Gasteiger partial charge is 0.491 e. The number of anilines is 1. The van der Waals surface area contributed by atoms with E-state index in [4.69, 9.17) is 24.3 Å². The highest BCUT2D eigenvalue weighted by Gasteiger charge is 2.44. The molecule has 0 amide bonds. The first-order valence-corrected chi connectivity index (χ1v) is 15.4. The number of hydrazine groups is 1. The maximum absolute atomic E-state index is 14.1. The predicted molar refractivity (Wildman–Crippen MR) is 143 cm³/mol. The van der Waals surface area contributed by atoms with Gasteiger partial charge in [0.15, 0.2) is 8.32 Å². The minimum Gasteiger partial charge on any atom is -0.491 e. The fraction of sp³-hybridized carbons (Fsp3) is 0.370. The van der Waals surface area contributed by atoms with Crippen LogP contribution in [0.25, 0.3) is 17.0 Å². The number of fused-ring (bicyclic) bond motifs is 1. The van der Waals surface area contributed by atoms with Crippen LogP contribution in [0.4, 0.5) is 18.9 Å². The monoisotopic (exact) mass is 560 g/mol. The molecule has 39 heavy (non-hydrogen) atoms. The summed E-state index contributed by atoms with van der Waals surface area (Å²) < 4.78 is 60.0. The van der Waals surface area contributed by atoms with Crippen molar-refractivity contribution in [3.05, 3.63) is 71.6 Å². The standard InChI is InChI=1S/C27H31F3N4O4Si/c1-26(2,3)39(4,5)38-24-18-12-11-17(13-20(18)35-15-19(24)31)34-14-21(36-33-34)25-22(27(28,29)30)23(32-37-25)16-9-7-6-8-10-16/h6-14,19,24,33H,15,31H2,1-5H3/t19-,24+/m0/s1. The lowest BCUT2D eigenvalue weighted by Gasteiger charge is -2.42. The molecule has 0 bridgehead atoms. The normalized spacial score (nSPS) is 19.8. The van der Waals surface area contributed by atoms with Crippen molar-refractivity contribution in [1.29, 1.82) is 0 Å². The van der Waals surface area contributed by atoms with E-state index >= 15 is 0 Å². The van der Waals surface area contributed by atoms with Gasteiger partial charge >= 0.3 is 6.18 Å². The molecule has 2 atom stereocenters. The average Bonchev–Trinajstić information content (AvgIpc) is 3.53. The van der Waals surface area contributed by atoms with Crippen LogP contribution in [0.3, 0.4) is 0 Å². The Hall–Kier alpha value is -3.32. The zero-order chi connectivity index (χ0) is 28.2.